The average Bonchev–Trinajstić information content (AvgIpc) is 2.79. The molecule has 2 heterocycles. The number of carbonyl (C=O) groups excluding carboxylic acids is 3. The molecule has 3 amide bonds. The number of amides is 3. The molecule has 1 saturated heterocycles. The van der Waals surface area contributed by atoms with Crippen molar-refractivity contribution in [2.24, 2.45) is 0 Å². The summed E-state index contributed by atoms with van der Waals surface area (Å²) in [6, 6.07) is 9.34. The summed E-state index contributed by atoms with van der Waals surface area (Å²) in [5, 5.41) is 5.45. The van der Waals surface area contributed by atoms with Crippen LogP contribution in [0, 0.1) is 0 Å². The van der Waals surface area contributed by atoms with Gasteiger partial charge in [-0.2, -0.15) is 0 Å². The zero-order chi connectivity index (χ0) is 22.2. The summed E-state index contributed by atoms with van der Waals surface area (Å²) >= 11 is 0. The van der Waals surface area contributed by atoms with Crippen LogP contribution in [0.4, 0.5) is 4.79 Å². The maximum atomic E-state index is 12.7. The first-order valence-electron chi connectivity index (χ1n) is 11.1. The molecule has 2 aliphatic rings. The zero-order valence-corrected chi connectivity index (χ0v) is 18.4. The summed E-state index contributed by atoms with van der Waals surface area (Å²) in [5.74, 6) is -0.330. The Morgan fingerprint density at radius 3 is 2.52 bits per heavy atom. The molecule has 0 spiro atoms. The largest absolute Gasteiger partial charge is 0.463 e. The van der Waals surface area contributed by atoms with Crippen LogP contribution < -0.4 is 10.6 Å². The van der Waals surface area contributed by atoms with E-state index in [-0.39, 0.29) is 31.1 Å². The zero-order valence-electron chi connectivity index (χ0n) is 18.4. The van der Waals surface area contributed by atoms with Crippen LogP contribution in [-0.4, -0.2) is 73.1 Å². The van der Waals surface area contributed by atoms with Gasteiger partial charge >= 0.3 is 12.0 Å². The Morgan fingerprint density at radius 2 is 1.87 bits per heavy atom. The van der Waals surface area contributed by atoms with E-state index < -0.39 is 5.97 Å². The lowest BCUT2D eigenvalue weighted by atomic mass is 10.0. The molecule has 168 valence electrons. The monoisotopic (exact) mass is 428 g/mol. The van der Waals surface area contributed by atoms with Gasteiger partial charge in [0.05, 0.1) is 18.7 Å². The molecule has 0 saturated carbocycles. The van der Waals surface area contributed by atoms with Crippen molar-refractivity contribution in [2.75, 3.05) is 39.3 Å². The lowest BCUT2D eigenvalue weighted by Gasteiger charge is -2.39. The van der Waals surface area contributed by atoms with Gasteiger partial charge in [0.15, 0.2) is 0 Å². The number of piperidine rings is 1. The van der Waals surface area contributed by atoms with Gasteiger partial charge in [0.1, 0.15) is 0 Å². The molecule has 0 aromatic heterocycles. The van der Waals surface area contributed by atoms with E-state index in [1.165, 1.54) is 0 Å². The van der Waals surface area contributed by atoms with Crippen molar-refractivity contribution < 1.29 is 19.1 Å². The standard InChI is InChI=1S/C23H32N4O4/c1-3-12-27(16-20-19(22(29)31-4-2)15-24-23(30)25-20)18-10-13-26(14-11-18)21(28)17-8-6-5-7-9-17/h5-9,18H,3-4,10-16H2,1-2H3,(H2,24,25,30). The van der Waals surface area contributed by atoms with Crippen LogP contribution in [0.15, 0.2) is 41.6 Å². The number of esters is 1. The van der Waals surface area contributed by atoms with Crippen molar-refractivity contribution in [1.29, 1.82) is 0 Å². The summed E-state index contributed by atoms with van der Waals surface area (Å²) in [5.41, 5.74) is 1.80. The lowest BCUT2D eigenvalue weighted by molar-refractivity contribution is -0.138. The molecule has 2 N–H and O–H groups in total. The minimum atomic E-state index is -0.398. The molecule has 2 aliphatic heterocycles. The van der Waals surface area contributed by atoms with Crippen LogP contribution in [0.1, 0.15) is 43.5 Å². The van der Waals surface area contributed by atoms with Gasteiger partial charge in [-0.05, 0) is 44.9 Å². The van der Waals surface area contributed by atoms with Gasteiger partial charge in [-0.1, -0.05) is 25.1 Å². The topological polar surface area (TPSA) is 91.0 Å². The first kappa shape index (κ1) is 22.8. The SMILES string of the molecule is CCCN(CC1=C(C(=O)OCC)CNC(=O)N1)C1CCN(C(=O)c2ccccc2)CC1. The third kappa shape index (κ3) is 5.85. The second kappa shape index (κ2) is 10.9. The number of hydrogen-bond acceptors (Lipinski definition) is 5. The fourth-order valence-electron chi connectivity index (χ4n) is 4.16. The Morgan fingerprint density at radius 1 is 1.16 bits per heavy atom. The van der Waals surface area contributed by atoms with Crippen molar-refractivity contribution >= 4 is 17.9 Å². The van der Waals surface area contributed by atoms with Crippen molar-refractivity contribution in [2.45, 2.75) is 39.2 Å². The predicted molar refractivity (Wildman–Crippen MR) is 117 cm³/mol. The fourth-order valence-corrected chi connectivity index (χ4v) is 4.16. The molecule has 0 bridgehead atoms. The molecular weight excluding hydrogens is 396 g/mol. The van der Waals surface area contributed by atoms with E-state index in [4.69, 9.17) is 4.74 Å². The van der Waals surface area contributed by atoms with Crippen LogP contribution in [0.2, 0.25) is 0 Å². The van der Waals surface area contributed by atoms with E-state index >= 15 is 0 Å². The van der Waals surface area contributed by atoms with Crippen molar-refractivity contribution in [1.82, 2.24) is 20.4 Å². The van der Waals surface area contributed by atoms with E-state index in [2.05, 4.69) is 22.5 Å². The number of nitrogens with zero attached hydrogens (tertiary/aromatic N) is 2. The molecule has 1 fully saturated rings. The molecule has 1 aromatic rings. The van der Waals surface area contributed by atoms with E-state index in [1.807, 2.05) is 35.2 Å². The first-order valence-corrected chi connectivity index (χ1v) is 11.1. The highest BCUT2D eigenvalue weighted by atomic mass is 16.5. The predicted octanol–water partition coefficient (Wildman–Crippen LogP) is 2.13. The summed E-state index contributed by atoms with van der Waals surface area (Å²) in [7, 11) is 0. The number of carbonyl (C=O) groups is 3. The Kier molecular flexibility index (Phi) is 8.06. The molecule has 31 heavy (non-hydrogen) atoms. The normalized spacial score (nSPS) is 17.4. The van der Waals surface area contributed by atoms with Crippen LogP contribution in [0.3, 0.4) is 0 Å². The maximum absolute atomic E-state index is 12.7. The number of likely N-dealkylation sites (tertiary alicyclic amines) is 1. The van der Waals surface area contributed by atoms with E-state index in [1.54, 1.807) is 6.92 Å². The molecule has 0 radical (unpaired) electrons. The minimum Gasteiger partial charge on any atom is -0.463 e. The average molecular weight is 429 g/mol. The number of benzene rings is 1. The van der Waals surface area contributed by atoms with Crippen molar-refractivity contribution in [3.8, 4) is 0 Å². The van der Waals surface area contributed by atoms with Crippen LogP contribution in [-0.2, 0) is 9.53 Å². The number of rotatable bonds is 8. The lowest BCUT2D eigenvalue weighted by Crippen LogP contribution is -2.51. The van der Waals surface area contributed by atoms with Crippen LogP contribution in [0.5, 0.6) is 0 Å². The van der Waals surface area contributed by atoms with E-state index in [9.17, 15) is 14.4 Å². The number of hydrogen-bond donors (Lipinski definition) is 2. The van der Waals surface area contributed by atoms with Crippen LogP contribution >= 0.6 is 0 Å². The first-order chi connectivity index (χ1) is 15.0. The highest BCUT2D eigenvalue weighted by Gasteiger charge is 2.30. The molecule has 3 rings (SSSR count). The van der Waals surface area contributed by atoms with Crippen molar-refractivity contribution in [3.05, 3.63) is 47.2 Å². The molecule has 0 aliphatic carbocycles. The van der Waals surface area contributed by atoms with Gasteiger partial charge in [-0.25, -0.2) is 9.59 Å². The second-order valence-electron chi connectivity index (χ2n) is 7.85. The smallest absolute Gasteiger partial charge is 0.337 e. The second-order valence-corrected chi connectivity index (χ2v) is 7.85. The Labute approximate surface area is 183 Å². The quantitative estimate of drug-likeness (QED) is 0.619. The molecule has 0 atom stereocenters. The Bertz CT molecular complexity index is 816. The van der Waals surface area contributed by atoms with Gasteiger partial charge in [0, 0.05) is 36.9 Å². The Balaban J connectivity index is 1.67. The third-order valence-corrected chi connectivity index (χ3v) is 5.74. The number of urea groups is 1. The summed E-state index contributed by atoms with van der Waals surface area (Å²) in [6.07, 6.45) is 2.66. The highest BCUT2D eigenvalue weighted by molar-refractivity contribution is 5.94. The van der Waals surface area contributed by atoms with E-state index in [0.717, 1.165) is 25.8 Å². The minimum absolute atomic E-state index is 0.0685. The van der Waals surface area contributed by atoms with Gasteiger partial charge in [-0.3, -0.25) is 9.69 Å². The highest BCUT2D eigenvalue weighted by Crippen LogP contribution is 2.21. The number of nitrogens with one attached hydrogen (secondary N) is 2. The van der Waals surface area contributed by atoms with Crippen molar-refractivity contribution in [3.63, 3.8) is 0 Å². The maximum Gasteiger partial charge on any atom is 0.337 e. The van der Waals surface area contributed by atoms with Crippen LogP contribution in [0.25, 0.3) is 0 Å². The summed E-state index contributed by atoms with van der Waals surface area (Å²) in [4.78, 5) is 41.2. The third-order valence-electron chi connectivity index (χ3n) is 5.74. The number of ether oxygens (including phenoxy) is 1. The van der Waals surface area contributed by atoms with Gasteiger partial charge in [0.25, 0.3) is 5.91 Å². The fraction of sp³-hybridized carbons (Fsp3) is 0.522. The van der Waals surface area contributed by atoms with Gasteiger partial charge in [0.2, 0.25) is 0 Å². The molecule has 1 aromatic carbocycles. The van der Waals surface area contributed by atoms with Gasteiger partial charge in [-0.15, -0.1) is 0 Å². The molecule has 0 unspecified atom stereocenters. The Hall–Kier alpha value is -2.87. The molecule has 8 heteroatoms. The van der Waals surface area contributed by atoms with Gasteiger partial charge < -0.3 is 20.3 Å². The van der Waals surface area contributed by atoms with E-state index in [0.29, 0.717) is 36.5 Å². The molecule has 8 nitrogen and oxygen atoms in total. The molecular formula is C23H32N4O4. The summed E-state index contributed by atoms with van der Waals surface area (Å²) in [6.45, 7) is 7.04. The summed E-state index contributed by atoms with van der Waals surface area (Å²) < 4.78 is 5.17.